The summed E-state index contributed by atoms with van der Waals surface area (Å²) in [6.45, 7) is -1.86. The number of benzene rings is 2. The number of carbonyl (C=O) groups excluding carboxylic acids is 2. The van der Waals surface area contributed by atoms with Gasteiger partial charge in [0, 0.05) is 0 Å². The summed E-state index contributed by atoms with van der Waals surface area (Å²) in [5.74, 6) is -1.20. The molecule has 0 aromatic heterocycles. The van der Waals surface area contributed by atoms with E-state index in [1.165, 1.54) is 48.5 Å². The molecular formula is C18H14F3N3O3. The van der Waals surface area contributed by atoms with E-state index in [9.17, 15) is 22.8 Å². The van der Waals surface area contributed by atoms with Crippen LogP contribution in [0.5, 0.6) is 5.75 Å². The van der Waals surface area contributed by atoms with Crippen LogP contribution in [0.4, 0.5) is 18.9 Å². The summed E-state index contributed by atoms with van der Waals surface area (Å²) in [7, 11) is 0. The van der Waals surface area contributed by atoms with E-state index in [0.717, 1.165) is 0 Å². The Balaban J connectivity index is 1.97. The topological polar surface area (TPSA) is 91.2 Å². The second-order valence-corrected chi connectivity index (χ2v) is 5.32. The minimum Gasteiger partial charge on any atom is -0.484 e. The van der Waals surface area contributed by atoms with Gasteiger partial charge in [-0.2, -0.15) is 18.4 Å². The number of para-hydroxylation sites is 1. The number of nitriles is 1. The van der Waals surface area contributed by atoms with E-state index in [1.807, 2.05) is 6.07 Å². The third-order valence-corrected chi connectivity index (χ3v) is 3.25. The maximum atomic E-state index is 12.2. The highest BCUT2D eigenvalue weighted by Gasteiger charge is 2.28. The Morgan fingerprint density at radius 3 is 2.37 bits per heavy atom. The predicted molar refractivity (Wildman–Crippen MR) is 90.1 cm³/mol. The van der Waals surface area contributed by atoms with Crippen LogP contribution in [-0.4, -0.2) is 31.1 Å². The van der Waals surface area contributed by atoms with Gasteiger partial charge in [0.25, 0.3) is 11.8 Å². The van der Waals surface area contributed by atoms with Crippen molar-refractivity contribution < 1.29 is 27.5 Å². The van der Waals surface area contributed by atoms with Gasteiger partial charge in [0.05, 0.1) is 22.9 Å². The molecule has 9 heteroatoms. The van der Waals surface area contributed by atoms with Crippen LogP contribution in [0.15, 0.2) is 48.5 Å². The molecule has 2 N–H and O–H groups in total. The monoisotopic (exact) mass is 377 g/mol. The van der Waals surface area contributed by atoms with Crippen LogP contribution in [0.1, 0.15) is 15.9 Å². The quantitative estimate of drug-likeness (QED) is 0.810. The van der Waals surface area contributed by atoms with Gasteiger partial charge in [-0.1, -0.05) is 12.1 Å². The fourth-order valence-corrected chi connectivity index (χ4v) is 2.03. The van der Waals surface area contributed by atoms with E-state index < -0.39 is 24.5 Å². The lowest BCUT2D eigenvalue weighted by molar-refractivity contribution is -0.123. The molecule has 0 heterocycles. The van der Waals surface area contributed by atoms with Gasteiger partial charge in [0.2, 0.25) is 0 Å². The first kappa shape index (κ1) is 19.8. The van der Waals surface area contributed by atoms with Crippen molar-refractivity contribution in [2.75, 3.05) is 18.5 Å². The molecule has 0 aliphatic carbocycles. The number of alkyl halides is 3. The zero-order valence-electron chi connectivity index (χ0n) is 13.8. The summed E-state index contributed by atoms with van der Waals surface area (Å²) in [6, 6.07) is 13.7. The smallest absolute Gasteiger partial charge is 0.405 e. The van der Waals surface area contributed by atoms with Crippen molar-refractivity contribution in [3.63, 3.8) is 0 Å². The molecule has 27 heavy (non-hydrogen) atoms. The molecular weight excluding hydrogens is 363 g/mol. The maximum Gasteiger partial charge on any atom is 0.405 e. The minimum atomic E-state index is -4.54. The Morgan fingerprint density at radius 2 is 1.74 bits per heavy atom. The summed E-state index contributed by atoms with van der Waals surface area (Å²) in [5.41, 5.74) is 0.393. The molecule has 0 aliphatic rings. The normalized spacial score (nSPS) is 10.6. The Morgan fingerprint density at radius 1 is 1.07 bits per heavy atom. The first-order chi connectivity index (χ1) is 12.8. The fourth-order valence-electron chi connectivity index (χ4n) is 2.03. The van der Waals surface area contributed by atoms with Crippen LogP contribution in [0, 0.1) is 11.3 Å². The number of carbonyl (C=O) groups is 2. The summed E-state index contributed by atoms with van der Waals surface area (Å²) >= 11 is 0. The molecule has 2 amide bonds. The second-order valence-electron chi connectivity index (χ2n) is 5.32. The molecule has 0 radical (unpaired) electrons. The largest absolute Gasteiger partial charge is 0.484 e. The molecule has 2 aromatic rings. The summed E-state index contributed by atoms with van der Waals surface area (Å²) in [6.07, 6.45) is -4.54. The van der Waals surface area contributed by atoms with E-state index in [1.54, 1.807) is 5.32 Å². The van der Waals surface area contributed by atoms with Crippen LogP contribution in [-0.2, 0) is 4.79 Å². The third kappa shape index (κ3) is 6.36. The molecule has 0 saturated carbocycles. The molecule has 0 saturated heterocycles. The molecule has 0 fully saturated rings. The number of amides is 2. The standard InChI is InChI=1S/C18H14F3N3O3/c19-18(20,21)11-23-17(26)14-3-1-2-4-15(14)24-16(25)10-27-13-7-5-12(9-22)6-8-13/h1-8H,10-11H2,(H,23,26)(H,24,25). The first-order valence-corrected chi connectivity index (χ1v) is 7.65. The minimum absolute atomic E-state index is 0.0607. The lowest BCUT2D eigenvalue weighted by atomic mass is 10.1. The molecule has 0 atom stereocenters. The van der Waals surface area contributed by atoms with Gasteiger partial charge in [0.15, 0.2) is 6.61 Å². The van der Waals surface area contributed by atoms with E-state index in [0.29, 0.717) is 11.3 Å². The van der Waals surface area contributed by atoms with Gasteiger partial charge in [0.1, 0.15) is 12.3 Å². The average molecular weight is 377 g/mol. The number of nitrogens with one attached hydrogen (secondary N) is 2. The Labute approximate surface area is 152 Å². The lowest BCUT2D eigenvalue weighted by Crippen LogP contribution is -2.34. The Kier molecular flexibility index (Phi) is 6.38. The van der Waals surface area contributed by atoms with Crippen LogP contribution in [0.2, 0.25) is 0 Å². The van der Waals surface area contributed by atoms with Crippen molar-refractivity contribution in [3.05, 3.63) is 59.7 Å². The van der Waals surface area contributed by atoms with E-state index in [2.05, 4.69) is 5.32 Å². The van der Waals surface area contributed by atoms with Crippen LogP contribution >= 0.6 is 0 Å². The molecule has 0 unspecified atom stereocenters. The molecule has 6 nitrogen and oxygen atoms in total. The zero-order valence-corrected chi connectivity index (χ0v) is 13.8. The molecule has 2 rings (SSSR count). The highest BCUT2D eigenvalue weighted by Crippen LogP contribution is 2.17. The molecule has 0 aliphatic heterocycles. The average Bonchev–Trinajstić information content (AvgIpc) is 2.64. The van der Waals surface area contributed by atoms with E-state index >= 15 is 0 Å². The van der Waals surface area contributed by atoms with Gasteiger partial charge < -0.3 is 15.4 Å². The van der Waals surface area contributed by atoms with E-state index in [-0.39, 0.29) is 17.9 Å². The number of ether oxygens (including phenoxy) is 1. The number of halogens is 3. The van der Waals surface area contributed by atoms with Crippen molar-refractivity contribution in [2.24, 2.45) is 0 Å². The molecule has 0 spiro atoms. The summed E-state index contributed by atoms with van der Waals surface area (Å²) < 4.78 is 42.0. The molecule has 0 bridgehead atoms. The molecule has 2 aromatic carbocycles. The van der Waals surface area contributed by atoms with Gasteiger partial charge in [-0.15, -0.1) is 0 Å². The van der Waals surface area contributed by atoms with Gasteiger partial charge in [-0.3, -0.25) is 9.59 Å². The fraction of sp³-hybridized carbons (Fsp3) is 0.167. The maximum absolute atomic E-state index is 12.2. The highest BCUT2D eigenvalue weighted by atomic mass is 19.4. The predicted octanol–water partition coefficient (Wildman–Crippen LogP) is 2.87. The highest BCUT2D eigenvalue weighted by molar-refractivity contribution is 6.04. The van der Waals surface area contributed by atoms with Gasteiger partial charge in [-0.05, 0) is 36.4 Å². The number of nitrogens with zero attached hydrogens (tertiary/aromatic N) is 1. The summed E-state index contributed by atoms with van der Waals surface area (Å²) in [4.78, 5) is 23.9. The second kappa shape index (κ2) is 8.71. The molecule has 140 valence electrons. The van der Waals surface area contributed by atoms with E-state index in [4.69, 9.17) is 10.00 Å². The Bertz CT molecular complexity index is 859. The van der Waals surface area contributed by atoms with Crippen LogP contribution in [0.25, 0.3) is 0 Å². The Hall–Kier alpha value is -3.54. The van der Waals surface area contributed by atoms with Crippen LogP contribution < -0.4 is 15.4 Å². The van der Waals surface area contributed by atoms with Crippen LogP contribution in [0.3, 0.4) is 0 Å². The van der Waals surface area contributed by atoms with Crippen molar-refractivity contribution in [1.29, 1.82) is 5.26 Å². The zero-order chi connectivity index (χ0) is 19.9. The summed E-state index contributed by atoms with van der Waals surface area (Å²) in [5, 5.41) is 12.9. The number of anilines is 1. The third-order valence-electron chi connectivity index (χ3n) is 3.25. The SMILES string of the molecule is N#Cc1ccc(OCC(=O)Nc2ccccc2C(=O)NCC(F)(F)F)cc1. The number of hydrogen-bond donors (Lipinski definition) is 2. The number of rotatable bonds is 6. The van der Waals surface area contributed by atoms with Crippen molar-refractivity contribution in [1.82, 2.24) is 5.32 Å². The van der Waals surface area contributed by atoms with Gasteiger partial charge >= 0.3 is 6.18 Å². The van der Waals surface area contributed by atoms with Crippen molar-refractivity contribution in [3.8, 4) is 11.8 Å². The van der Waals surface area contributed by atoms with Gasteiger partial charge in [-0.25, -0.2) is 0 Å². The lowest BCUT2D eigenvalue weighted by Gasteiger charge is -2.13. The van der Waals surface area contributed by atoms with Crippen molar-refractivity contribution in [2.45, 2.75) is 6.18 Å². The van der Waals surface area contributed by atoms with Crippen molar-refractivity contribution >= 4 is 17.5 Å². The first-order valence-electron chi connectivity index (χ1n) is 7.65. The number of hydrogen-bond acceptors (Lipinski definition) is 4.